The number of nitrogens with one attached hydrogen (secondary N) is 3. The third-order valence-corrected chi connectivity index (χ3v) is 5.26. The van der Waals surface area contributed by atoms with Crippen molar-refractivity contribution in [3.8, 4) is 0 Å². The summed E-state index contributed by atoms with van der Waals surface area (Å²) in [5.41, 5.74) is 3.12. The Labute approximate surface area is 179 Å². The first-order valence-corrected chi connectivity index (χ1v) is 9.71. The molecule has 0 saturated carbocycles. The van der Waals surface area contributed by atoms with Gasteiger partial charge >= 0.3 is 0 Å². The van der Waals surface area contributed by atoms with E-state index in [0.29, 0.717) is 0 Å². The zero-order valence-electron chi connectivity index (χ0n) is 15.5. The average molecular weight is 501 g/mol. The molecule has 3 aromatic rings. The number of aliphatic imine (C=N–C) groups is 1. The number of hydrogen-bond acceptors (Lipinski definition) is 3. The number of guanidine groups is 1. The number of halogens is 2. The first-order chi connectivity index (χ1) is 12.7. The lowest BCUT2D eigenvalue weighted by atomic mass is 10.1. The van der Waals surface area contributed by atoms with Gasteiger partial charge in [0.25, 0.3) is 0 Å². The maximum Gasteiger partial charge on any atom is 0.190 e. The van der Waals surface area contributed by atoms with Crippen molar-refractivity contribution < 1.29 is 4.39 Å². The number of rotatable bonds is 7. The third kappa shape index (κ3) is 5.90. The van der Waals surface area contributed by atoms with Crippen molar-refractivity contribution in [2.75, 3.05) is 20.1 Å². The van der Waals surface area contributed by atoms with Gasteiger partial charge in [-0.15, -0.1) is 35.3 Å². The first kappa shape index (κ1) is 21.6. The Hall–Kier alpha value is -1.68. The minimum Gasteiger partial charge on any atom is -0.361 e. The molecule has 5 nitrogen and oxygen atoms in total. The quantitative estimate of drug-likeness (QED) is 0.262. The van der Waals surface area contributed by atoms with Gasteiger partial charge in [0, 0.05) is 49.0 Å². The van der Waals surface area contributed by atoms with Crippen molar-refractivity contribution in [2.24, 2.45) is 4.99 Å². The molecule has 2 aromatic heterocycles. The van der Waals surface area contributed by atoms with Gasteiger partial charge in [0.1, 0.15) is 5.82 Å². The molecule has 3 rings (SSSR count). The number of fused-ring (bicyclic) bond motifs is 1. The van der Waals surface area contributed by atoms with Crippen LogP contribution in [0.3, 0.4) is 0 Å². The number of H-pyrrole nitrogens is 1. The van der Waals surface area contributed by atoms with E-state index in [1.54, 1.807) is 18.4 Å². The van der Waals surface area contributed by atoms with Gasteiger partial charge in [0.15, 0.2) is 5.96 Å². The molecule has 0 aliphatic heterocycles. The minimum atomic E-state index is -0.222. The Morgan fingerprint density at radius 1 is 1.26 bits per heavy atom. The topological polar surface area (TPSA) is 65.1 Å². The SMILES string of the molecule is CCc1nc(CCNC(=NC)NCCc2c[nH]c3cc(F)ccc23)cs1.I. The molecule has 0 radical (unpaired) electrons. The number of aryl methyl sites for hydroxylation is 1. The Morgan fingerprint density at radius 2 is 2.04 bits per heavy atom. The third-order valence-electron chi connectivity index (χ3n) is 4.22. The highest BCUT2D eigenvalue weighted by molar-refractivity contribution is 14.0. The second-order valence-electron chi connectivity index (χ2n) is 6.02. The molecule has 0 spiro atoms. The van der Waals surface area contributed by atoms with Crippen LogP contribution in [0.15, 0.2) is 34.8 Å². The summed E-state index contributed by atoms with van der Waals surface area (Å²) in [6.07, 6.45) is 4.64. The highest BCUT2D eigenvalue weighted by Gasteiger charge is 2.06. The van der Waals surface area contributed by atoms with Crippen molar-refractivity contribution in [1.29, 1.82) is 0 Å². The maximum absolute atomic E-state index is 13.3. The van der Waals surface area contributed by atoms with Crippen LogP contribution in [-0.4, -0.2) is 36.1 Å². The molecule has 3 N–H and O–H groups in total. The van der Waals surface area contributed by atoms with Gasteiger partial charge in [-0.05, 0) is 36.6 Å². The van der Waals surface area contributed by atoms with Gasteiger partial charge in [-0.3, -0.25) is 4.99 Å². The molecule has 0 bridgehead atoms. The van der Waals surface area contributed by atoms with Gasteiger partial charge in [0.2, 0.25) is 0 Å². The van der Waals surface area contributed by atoms with Crippen LogP contribution in [0.2, 0.25) is 0 Å². The Balaban J connectivity index is 0.00000261. The summed E-state index contributed by atoms with van der Waals surface area (Å²) in [5, 5.41) is 11.0. The van der Waals surface area contributed by atoms with Gasteiger partial charge in [-0.1, -0.05) is 6.92 Å². The van der Waals surface area contributed by atoms with Crippen LogP contribution in [-0.2, 0) is 19.3 Å². The monoisotopic (exact) mass is 501 g/mol. The summed E-state index contributed by atoms with van der Waals surface area (Å²) in [5.74, 6) is 0.557. The van der Waals surface area contributed by atoms with E-state index in [0.717, 1.165) is 60.5 Å². The maximum atomic E-state index is 13.3. The van der Waals surface area contributed by atoms with Gasteiger partial charge < -0.3 is 15.6 Å². The summed E-state index contributed by atoms with van der Waals surface area (Å²) < 4.78 is 13.3. The highest BCUT2D eigenvalue weighted by atomic mass is 127. The lowest BCUT2D eigenvalue weighted by Gasteiger charge is -2.11. The molecule has 0 aliphatic rings. The fourth-order valence-electron chi connectivity index (χ4n) is 2.84. The molecule has 0 atom stereocenters. The fraction of sp³-hybridized carbons (Fsp3) is 0.368. The zero-order chi connectivity index (χ0) is 18.4. The molecule has 2 heterocycles. The molecule has 146 valence electrons. The van der Waals surface area contributed by atoms with Crippen molar-refractivity contribution in [1.82, 2.24) is 20.6 Å². The van der Waals surface area contributed by atoms with Crippen LogP contribution < -0.4 is 10.6 Å². The Kier molecular flexibility index (Phi) is 8.49. The van der Waals surface area contributed by atoms with Crippen LogP contribution in [0.4, 0.5) is 4.39 Å². The predicted octanol–water partition coefficient (Wildman–Crippen LogP) is 3.89. The standard InChI is InChI=1S/C19H24FN5S.HI/c1-3-18-25-15(12-26-18)7-9-23-19(21-2)22-8-6-13-11-24-17-10-14(20)4-5-16(13)17;/h4-5,10-12,24H,3,6-9H2,1-2H3,(H2,21,22,23);1H. The Bertz CT molecular complexity index is 889. The van der Waals surface area contributed by atoms with Gasteiger partial charge in [-0.2, -0.15) is 0 Å². The van der Waals surface area contributed by atoms with Crippen LogP contribution in [0, 0.1) is 5.82 Å². The average Bonchev–Trinajstić information content (AvgIpc) is 3.27. The largest absolute Gasteiger partial charge is 0.361 e. The summed E-state index contributed by atoms with van der Waals surface area (Å²) >= 11 is 1.72. The Morgan fingerprint density at radius 3 is 2.74 bits per heavy atom. The summed E-state index contributed by atoms with van der Waals surface area (Å²) in [6, 6.07) is 4.84. The molecular weight excluding hydrogens is 476 g/mol. The molecular formula is C19H25FIN5S. The lowest BCUT2D eigenvalue weighted by Crippen LogP contribution is -2.39. The van der Waals surface area contributed by atoms with E-state index in [-0.39, 0.29) is 29.8 Å². The predicted molar refractivity (Wildman–Crippen MR) is 122 cm³/mol. The van der Waals surface area contributed by atoms with Crippen molar-refractivity contribution >= 4 is 52.2 Å². The fourth-order valence-corrected chi connectivity index (χ4v) is 3.62. The van der Waals surface area contributed by atoms with Crippen LogP contribution in [0.25, 0.3) is 10.9 Å². The van der Waals surface area contributed by atoms with Crippen LogP contribution in [0.1, 0.15) is 23.2 Å². The normalized spacial score (nSPS) is 11.4. The smallest absolute Gasteiger partial charge is 0.190 e. The molecule has 0 fully saturated rings. The van der Waals surface area contributed by atoms with E-state index in [9.17, 15) is 4.39 Å². The van der Waals surface area contributed by atoms with Crippen LogP contribution >= 0.6 is 35.3 Å². The van der Waals surface area contributed by atoms with Gasteiger partial charge in [-0.25, -0.2) is 9.37 Å². The van der Waals surface area contributed by atoms with E-state index in [1.165, 1.54) is 17.1 Å². The van der Waals surface area contributed by atoms with E-state index < -0.39 is 0 Å². The van der Waals surface area contributed by atoms with E-state index in [2.05, 4.69) is 37.9 Å². The number of benzene rings is 1. The van der Waals surface area contributed by atoms with Crippen molar-refractivity contribution in [3.63, 3.8) is 0 Å². The van der Waals surface area contributed by atoms with Crippen LogP contribution in [0.5, 0.6) is 0 Å². The molecule has 1 aromatic carbocycles. The number of thiazole rings is 1. The number of aromatic nitrogens is 2. The second kappa shape index (κ2) is 10.6. The highest BCUT2D eigenvalue weighted by Crippen LogP contribution is 2.19. The molecule has 8 heteroatoms. The molecule has 0 aliphatic carbocycles. The van der Waals surface area contributed by atoms with Crippen molar-refractivity contribution in [2.45, 2.75) is 26.2 Å². The van der Waals surface area contributed by atoms with E-state index in [1.807, 2.05) is 12.3 Å². The summed E-state index contributed by atoms with van der Waals surface area (Å²) in [4.78, 5) is 11.9. The number of hydrogen-bond donors (Lipinski definition) is 3. The summed E-state index contributed by atoms with van der Waals surface area (Å²) in [7, 11) is 1.77. The van der Waals surface area contributed by atoms with E-state index >= 15 is 0 Å². The van der Waals surface area contributed by atoms with Gasteiger partial charge in [0.05, 0.1) is 10.7 Å². The summed E-state index contributed by atoms with van der Waals surface area (Å²) in [6.45, 7) is 3.66. The first-order valence-electron chi connectivity index (χ1n) is 8.83. The second-order valence-corrected chi connectivity index (χ2v) is 6.96. The molecule has 27 heavy (non-hydrogen) atoms. The number of nitrogens with zero attached hydrogens (tertiary/aromatic N) is 2. The molecule has 0 amide bonds. The van der Waals surface area contributed by atoms with E-state index in [4.69, 9.17) is 0 Å². The lowest BCUT2D eigenvalue weighted by molar-refractivity contribution is 0.629. The van der Waals surface area contributed by atoms with Crippen molar-refractivity contribution in [3.05, 3.63) is 51.9 Å². The minimum absolute atomic E-state index is 0. The molecule has 0 unspecified atom stereocenters. The molecule has 0 saturated heterocycles. The number of aromatic amines is 1. The zero-order valence-corrected chi connectivity index (χ0v) is 18.7.